The molecule has 0 radical (unpaired) electrons. The lowest BCUT2D eigenvalue weighted by Crippen LogP contribution is -2.43. The fourth-order valence-electron chi connectivity index (χ4n) is 2.96. The van der Waals surface area contributed by atoms with Gasteiger partial charge >= 0.3 is 0 Å². The van der Waals surface area contributed by atoms with Crippen molar-refractivity contribution in [2.75, 3.05) is 13.1 Å². The largest absolute Gasteiger partial charge is 0.329 e. The van der Waals surface area contributed by atoms with Gasteiger partial charge in [0, 0.05) is 29.9 Å². The van der Waals surface area contributed by atoms with E-state index in [1.165, 1.54) is 18.4 Å². The van der Waals surface area contributed by atoms with Gasteiger partial charge in [-0.25, -0.2) is 0 Å². The van der Waals surface area contributed by atoms with Crippen LogP contribution in [0.3, 0.4) is 0 Å². The molecule has 102 valence electrons. The molecule has 2 rings (SSSR count). The van der Waals surface area contributed by atoms with Crippen LogP contribution in [0.25, 0.3) is 0 Å². The zero-order valence-electron chi connectivity index (χ0n) is 12.1. The van der Waals surface area contributed by atoms with Crippen molar-refractivity contribution in [3.8, 4) is 0 Å². The van der Waals surface area contributed by atoms with Crippen LogP contribution in [-0.4, -0.2) is 33.3 Å². The number of hydrogen-bond donors (Lipinski definition) is 1. The number of nitrogens with two attached hydrogens (primary N) is 1. The Hall–Kier alpha value is -0.870. The fourth-order valence-corrected chi connectivity index (χ4v) is 2.96. The second-order valence-corrected chi connectivity index (χ2v) is 6.21. The van der Waals surface area contributed by atoms with Gasteiger partial charge in [-0.3, -0.25) is 9.58 Å². The first kappa shape index (κ1) is 13.6. The molecule has 18 heavy (non-hydrogen) atoms. The van der Waals surface area contributed by atoms with Gasteiger partial charge in [0.05, 0.1) is 12.2 Å². The van der Waals surface area contributed by atoms with Crippen molar-refractivity contribution in [2.24, 2.45) is 5.73 Å². The molecule has 1 atom stereocenters. The number of likely N-dealkylation sites (tertiary alicyclic amines) is 1. The molecule has 1 aromatic rings. The minimum Gasteiger partial charge on any atom is -0.329 e. The van der Waals surface area contributed by atoms with Gasteiger partial charge in [-0.05, 0) is 47.1 Å². The highest BCUT2D eigenvalue weighted by molar-refractivity contribution is 5.14. The van der Waals surface area contributed by atoms with Crippen LogP contribution < -0.4 is 5.73 Å². The summed E-state index contributed by atoms with van der Waals surface area (Å²) < 4.78 is 2.01. The topological polar surface area (TPSA) is 47.1 Å². The molecule has 0 bridgehead atoms. The molecule has 0 aromatic carbocycles. The van der Waals surface area contributed by atoms with Gasteiger partial charge in [0.25, 0.3) is 0 Å². The molecule has 1 fully saturated rings. The van der Waals surface area contributed by atoms with E-state index < -0.39 is 0 Å². The predicted octanol–water partition coefficient (Wildman–Crippen LogP) is 2.34. The van der Waals surface area contributed by atoms with Crippen LogP contribution in [0.4, 0.5) is 0 Å². The van der Waals surface area contributed by atoms with Crippen molar-refractivity contribution in [3.05, 3.63) is 18.0 Å². The molecule has 2 N–H and O–H groups in total. The zero-order valence-corrected chi connectivity index (χ0v) is 12.1. The Morgan fingerprint density at radius 2 is 2.17 bits per heavy atom. The SMILES string of the molecule is CC(C)n1cc(C(CN)N2CCCC2(C)C)cn1. The second-order valence-electron chi connectivity index (χ2n) is 6.21. The summed E-state index contributed by atoms with van der Waals surface area (Å²) in [6.45, 7) is 10.7. The Labute approximate surface area is 110 Å². The van der Waals surface area contributed by atoms with Crippen molar-refractivity contribution in [2.45, 2.75) is 58.2 Å². The number of rotatable bonds is 4. The van der Waals surface area contributed by atoms with E-state index in [0.717, 1.165) is 6.54 Å². The Bertz CT molecular complexity index is 394. The molecule has 0 aliphatic carbocycles. The maximum atomic E-state index is 6.01. The van der Waals surface area contributed by atoms with Crippen molar-refractivity contribution in [3.63, 3.8) is 0 Å². The van der Waals surface area contributed by atoms with Gasteiger partial charge in [-0.1, -0.05) is 0 Å². The summed E-state index contributed by atoms with van der Waals surface area (Å²) in [7, 11) is 0. The van der Waals surface area contributed by atoms with E-state index >= 15 is 0 Å². The van der Waals surface area contributed by atoms with Gasteiger partial charge in [0.1, 0.15) is 0 Å². The van der Waals surface area contributed by atoms with Crippen molar-refractivity contribution in [1.82, 2.24) is 14.7 Å². The summed E-state index contributed by atoms with van der Waals surface area (Å²) in [5, 5.41) is 4.44. The number of nitrogens with zero attached hydrogens (tertiary/aromatic N) is 3. The predicted molar refractivity (Wildman–Crippen MR) is 74.4 cm³/mol. The molecule has 1 aromatic heterocycles. The molecule has 0 spiro atoms. The highest BCUT2D eigenvalue weighted by atomic mass is 15.3. The fraction of sp³-hybridized carbons (Fsp3) is 0.786. The zero-order chi connectivity index (χ0) is 13.3. The first-order valence-corrected chi connectivity index (χ1v) is 6.96. The average Bonchev–Trinajstić information content (AvgIpc) is 2.88. The van der Waals surface area contributed by atoms with Crippen LogP contribution in [-0.2, 0) is 0 Å². The van der Waals surface area contributed by atoms with E-state index in [9.17, 15) is 0 Å². The highest BCUT2D eigenvalue weighted by Gasteiger charge is 2.37. The van der Waals surface area contributed by atoms with E-state index in [2.05, 4.69) is 43.9 Å². The van der Waals surface area contributed by atoms with Crippen LogP contribution in [0.5, 0.6) is 0 Å². The van der Waals surface area contributed by atoms with Crippen molar-refractivity contribution < 1.29 is 0 Å². The van der Waals surface area contributed by atoms with Gasteiger partial charge in [0.15, 0.2) is 0 Å². The maximum Gasteiger partial charge on any atom is 0.0538 e. The maximum absolute atomic E-state index is 6.01. The summed E-state index contributed by atoms with van der Waals surface area (Å²) in [6.07, 6.45) is 6.64. The summed E-state index contributed by atoms with van der Waals surface area (Å²) in [4.78, 5) is 2.54. The molecule has 0 amide bonds. The monoisotopic (exact) mass is 250 g/mol. The molecule has 1 unspecified atom stereocenters. The van der Waals surface area contributed by atoms with E-state index in [-0.39, 0.29) is 5.54 Å². The van der Waals surface area contributed by atoms with E-state index in [1.807, 2.05) is 10.9 Å². The van der Waals surface area contributed by atoms with Crippen LogP contribution in [0.2, 0.25) is 0 Å². The second kappa shape index (κ2) is 5.02. The van der Waals surface area contributed by atoms with Gasteiger partial charge in [-0.2, -0.15) is 5.10 Å². The third-order valence-electron chi connectivity index (χ3n) is 4.10. The van der Waals surface area contributed by atoms with Crippen molar-refractivity contribution in [1.29, 1.82) is 0 Å². The highest BCUT2D eigenvalue weighted by Crippen LogP contribution is 2.35. The molecule has 4 nitrogen and oxygen atoms in total. The Morgan fingerprint density at radius 3 is 2.61 bits per heavy atom. The van der Waals surface area contributed by atoms with Gasteiger partial charge in [0.2, 0.25) is 0 Å². The lowest BCUT2D eigenvalue weighted by molar-refractivity contribution is 0.119. The third-order valence-corrected chi connectivity index (χ3v) is 4.10. The Balaban J connectivity index is 2.22. The molecule has 1 aliphatic rings. The summed E-state index contributed by atoms with van der Waals surface area (Å²) in [6, 6.07) is 0.707. The molecule has 2 heterocycles. The first-order chi connectivity index (χ1) is 8.45. The normalized spacial score (nSPS) is 21.7. The lowest BCUT2D eigenvalue weighted by atomic mass is 9.99. The van der Waals surface area contributed by atoms with Crippen LogP contribution >= 0.6 is 0 Å². The Kier molecular flexibility index (Phi) is 3.78. The van der Waals surface area contributed by atoms with Crippen molar-refractivity contribution >= 4 is 0 Å². The van der Waals surface area contributed by atoms with Crippen LogP contribution in [0.1, 0.15) is 58.2 Å². The Morgan fingerprint density at radius 1 is 1.44 bits per heavy atom. The minimum atomic E-state index is 0.254. The summed E-state index contributed by atoms with van der Waals surface area (Å²) >= 11 is 0. The average molecular weight is 250 g/mol. The van der Waals surface area contributed by atoms with E-state index in [0.29, 0.717) is 18.6 Å². The van der Waals surface area contributed by atoms with E-state index in [4.69, 9.17) is 5.73 Å². The third kappa shape index (κ3) is 2.45. The molecular weight excluding hydrogens is 224 g/mol. The van der Waals surface area contributed by atoms with Crippen LogP contribution in [0, 0.1) is 0 Å². The number of aromatic nitrogens is 2. The van der Waals surface area contributed by atoms with Crippen LogP contribution in [0.15, 0.2) is 12.4 Å². The summed E-state index contributed by atoms with van der Waals surface area (Å²) in [5.41, 5.74) is 7.52. The quantitative estimate of drug-likeness (QED) is 0.892. The smallest absolute Gasteiger partial charge is 0.0538 e. The first-order valence-electron chi connectivity index (χ1n) is 6.96. The molecule has 1 saturated heterocycles. The van der Waals surface area contributed by atoms with Gasteiger partial charge < -0.3 is 5.73 Å². The standard InChI is InChI=1S/C14H26N4/c1-11(2)18-10-12(9-16-18)13(8-15)17-7-5-6-14(17,3)4/h9-11,13H,5-8,15H2,1-4H3. The molecule has 0 saturated carbocycles. The summed E-state index contributed by atoms with van der Waals surface area (Å²) in [5.74, 6) is 0. The number of hydrogen-bond acceptors (Lipinski definition) is 3. The van der Waals surface area contributed by atoms with Gasteiger partial charge in [-0.15, -0.1) is 0 Å². The lowest BCUT2D eigenvalue weighted by Gasteiger charge is -2.37. The minimum absolute atomic E-state index is 0.254. The van der Waals surface area contributed by atoms with E-state index in [1.54, 1.807) is 0 Å². The molecule has 4 heteroatoms. The molecular formula is C14H26N4. The molecule has 1 aliphatic heterocycles.